The summed E-state index contributed by atoms with van der Waals surface area (Å²) in [6.07, 6.45) is 0. The third kappa shape index (κ3) is 6.25. The molecule has 6 aromatic carbocycles. The van der Waals surface area contributed by atoms with E-state index in [0.717, 1.165) is 16.4 Å². The van der Waals surface area contributed by atoms with Crippen LogP contribution in [0.2, 0.25) is 0 Å². The van der Waals surface area contributed by atoms with Gasteiger partial charge in [-0.15, -0.1) is 0 Å². The van der Waals surface area contributed by atoms with E-state index >= 15 is 0 Å². The Morgan fingerprint density at radius 2 is 1.02 bits per heavy atom. The molecule has 6 rings (SSSR count). The van der Waals surface area contributed by atoms with E-state index in [0.29, 0.717) is 0 Å². The second-order valence-corrected chi connectivity index (χ2v) is 13.1. The van der Waals surface area contributed by atoms with Gasteiger partial charge in [0.25, 0.3) is 0 Å². The summed E-state index contributed by atoms with van der Waals surface area (Å²) in [5.74, 6) is 1.74. The summed E-state index contributed by atoms with van der Waals surface area (Å²) >= 11 is 1.75. The van der Waals surface area contributed by atoms with Crippen LogP contribution in [0, 0.1) is 0 Å². The van der Waals surface area contributed by atoms with Gasteiger partial charge in [0.2, 0.25) is 0 Å². The number of hydrogen-bond donors (Lipinski definition) is 1. The van der Waals surface area contributed by atoms with Gasteiger partial charge >= 0.3 is 0 Å². The van der Waals surface area contributed by atoms with Gasteiger partial charge in [-0.05, 0) is 92.7 Å². The molecule has 6 aromatic rings. The van der Waals surface area contributed by atoms with Crippen LogP contribution in [0.25, 0.3) is 22.3 Å². The summed E-state index contributed by atoms with van der Waals surface area (Å²) in [4.78, 5) is 5.98. The first-order valence-electron chi connectivity index (χ1n) is 13.8. The van der Waals surface area contributed by atoms with Crippen LogP contribution in [0.3, 0.4) is 0 Å². The van der Waals surface area contributed by atoms with Gasteiger partial charge in [-0.1, -0.05) is 103 Å². The average Bonchev–Trinajstić information content (AvgIpc) is 3.07. The van der Waals surface area contributed by atoms with Gasteiger partial charge in [-0.3, -0.25) is 0 Å². The molecule has 0 aliphatic carbocycles. The summed E-state index contributed by atoms with van der Waals surface area (Å²) in [5.41, 5.74) is 4.86. The molecule has 0 heterocycles. The molecule has 4 heteroatoms. The number of ether oxygens (including phenoxy) is 2. The van der Waals surface area contributed by atoms with Gasteiger partial charge in [0, 0.05) is 14.7 Å². The smallest absolute Gasteiger partial charge is 0.132 e. The molecule has 0 aliphatic rings. The topological polar surface area (TPSA) is 18.5 Å². The van der Waals surface area contributed by atoms with E-state index in [1.165, 1.54) is 41.8 Å². The molecule has 0 fully saturated rings. The maximum absolute atomic E-state index is 6.05. The lowest BCUT2D eigenvalue weighted by atomic mass is 10.1. The van der Waals surface area contributed by atoms with E-state index in [1.807, 2.05) is 18.2 Å². The fourth-order valence-corrected chi connectivity index (χ4v) is 8.24. The Hall–Kier alpha value is -4.38. The minimum atomic E-state index is -0.892. The fraction of sp³-hybridized carbons (Fsp3) is 0.0526. The first-order valence-corrected chi connectivity index (χ1v) is 16.0. The molecule has 42 heavy (non-hydrogen) atoms. The number of rotatable bonds is 9. The maximum atomic E-state index is 6.05. The van der Waals surface area contributed by atoms with Crippen LogP contribution in [0.1, 0.15) is 0 Å². The Morgan fingerprint density at radius 1 is 0.452 bits per heavy atom. The number of methoxy groups -OCH3 is 2. The van der Waals surface area contributed by atoms with Crippen LogP contribution in [-0.4, -0.2) is 14.2 Å². The molecule has 0 aliphatic heterocycles. The molecule has 0 spiro atoms. The van der Waals surface area contributed by atoms with Gasteiger partial charge in [0.15, 0.2) is 0 Å². The highest BCUT2D eigenvalue weighted by Gasteiger charge is 2.19. The number of benzene rings is 6. The SMILES string of the molecule is COc1cccc([SH](c2ccc(-c3ccccc3)cc2)c2ccc(Sc3ccc(-c4ccccc4)cc3)cc2OC)c1. The molecule has 0 bridgehead atoms. The summed E-state index contributed by atoms with van der Waals surface area (Å²) in [7, 11) is 2.59. The first kappa shape index (κ1) is 27.8. The summed E-state index contributed by atoms with van der Waals surface area (Å²) in [6, 6.07) is 53.7. The lowest BCUT2D eigenvalue weighted by molar-refractivity contribution is 0.403. The van der Waals surface area contributed by atoms with Crippen LogP contribution < -0.4 is 9.47 Å². The molecule has 0 radical (unpaired) electrons. The standard InChI is InChI=1S/C38H32O2S2/c1-39-32-14-9-15-36(26-32)42(35-23-18-31(19-24-35)29-12-7-4-8-13-29)38-25-22-34(27-37(38)40-2)41-33-20-16-30(17-21-33)28-10-5-3-6-11-28/h3-27,42H,1-2H3. The highest BCUT2D eigenvalue weighted by Crippen LogP contribution is 2.56. The van der Waals surface area contributed by atoms with E-state index in [4.69, 9.17) is 9.47 Å². The van der Waals surface area contributed by atoms with Crippen LogP contribution in [0.15, 0.2) is 176 Å². The van der Waals surface area contributed by atoms with Gasteiger partial charge in [0.05, 0.1) is 14.2 Å². The van der Waals surface area contributed by atoms with E-state index in [2.05, 4.69) is 133 Å². The van der Waals surface area contributed by atoms with Crippen molar-refractivity contribution in [3.8, 4) is 33.8 Å². The highest BCUT2D eigenvalue weighted by atomic mass is 32.2. The molecular formula is C38H32O2S2. The van der Waals surface area contributed by atoms with Crippen molar-refractivity contribution in [2.45, 2.75) is 24.5 Å². The van der Waals surface area contributed by atoms with Crippen molar-refractivity contribution in [1.82, 2.24) is 0 Å². The molecule has 208 valence electrons. The molecular weight excluding hydrogens is 553 g/mol. The molecule has 0 aromatic heterocycles. The van der Waals surface area contributed by atoms with Gasteiger partial charge in [-0.2, -0.15) is 10.9 Å². The summed E-state index contributed by atoms with van der Waals surface area (Å²) < 4.78 is 11.7. The molecule has 1 atom stereocenters. The second kappa shape index (κ2) is 13.1. The Bertz CT molecular complexity index is 1750. The Labute approximate surface area is 255 Å². The molecule has 0 saturated heterocycles. The highest BCUT2D eigenvalue weighted by molar-refractivity contribution is 8.17. The zero-order chi connectivity index (χ0) is 28.7. The van der Waals surface area contributed by atoms with Crippen LogP contribution >= 0.6 is 22.7 Å². The first-order chi connectivity index (χ1) is 20.7. The van der Waals surface area contributed by atoms with Crippen molar-refractivity contribution in [2.24, 2.45) is 0 Å². The Kier molecular flexibility index (Phi) is 8.64. The zero-order valence-corrected chi connectivity index (χ0v) is 25.3. The minimum absolute atomic E-state index is 0.853. The van der Waals surface area contributed by atoms with Crippen LogP contribution in [0.4, 0.5) is 0 Å². The summed E-state index contributed by atoms with van der Waals surface area (Å²) in [5, 5.41) is 0. The third-order valence-corrected chi connectivity index (χ3v) is 10.6. The third-order valence-electron chi connectivity index (χ3n) is 7.13. The minimum Gasteiger partial charge on any atom is -0.497 e. The number of hydrogen-bond acceptors (Lipinski definition) is 3. The molecule has 0 N–H and O–H groups in total. The van der Waals surface area contributed by atoms with Gasteiger partial charge in [0.1, 0.15) is 11.5 Å². The molecule has 1 unspecified atom stereocenters. The van der Waals surface area contributed by atoms with E-state index in [9.17, 15) is 0 Å². The largest absolute Gasteiger partial charge is 0.497 e. The fourth-order valence-electron chi connectivity index (χ4n) is 5.00. The molecule has 0 saturated carbocycles. The predicted molar refractivity (Wildman–Crippen MR) is 178 cm³/mol. The van der Waals surface area contributed by atoms with Crippen LogP contribution in [-0.2, 0) is 0 Å². The number of thiol groups is 1. The monoisotopic (exact) mass is 584 g/mol. The maximum Gasteiger partial charge on any atom is 0.132 e. The van der Waals surface area contributed by atoms with Crippen LogP contribution in [0.5, 0.6) is 11.5 Å². The van der Waals surface area contributed by atoms with E-state index < -0.39 is 10.9 Å². The van der Waals surface area contributed by atoms with Crippen molar-refractivity contribution in [2.75, 3.05) is 14.2 Å². The quantitative estimate of drug-likeness (QED) is 0.171. The van der Waals surface area contributed by atoms with Gasteiger partial charge < -0.3 is 9.47 Å². The van der Waals surface area contributed by atoms with Crippen molar-refractivity contribution in [3.05, 3.63) is 152 Å². The Balaban J connectivity index is 1.33. The normalized spacial score (nSPS) is 12.0. The zero-order valence-electron chi connectivity index (χ0n) is 23.6. The van der Waals surface area contributed by atoms with Crippen molar-refractivity contribution >= 4 is 22.7 Å². The molecule has 0 amide bonds. The van der Waals surface area contributed by atoms with Crippen molar-refractivity contribution in [3.63, 3.8) is 0 Å². The van der Waals surface area contributed by atoms with Crippen molar-refractivity contribution < 1.29 is 9.47 Å². The summed E-state index contributed by atoms with van der Waals surface area (Å²) in [6.45, 7) is 0. The Morgan fingerprint density at radius 3 is 1.62 bits per heavy atom. The lowest BCUT2D eigenvalue weighted by Crippen LogP contribution is -1.95. The lowest BCUT2D eigenvalue weighted by Gasteiger charge is -2.26. The van der Waals surface area contributed by atoms with Crippen molar-refractivity contribution in [1.29, 1.82) is 0 Å². The van der Waals surface area contributed by atoms with E-state index in [1.54, 1.807) is 26.0 Å². The second-order valence-electron chi connectivity index (χ2n) is 9.78. The van der Waals surface area contributed by atoms with Gasteiger partial charge in [-0.25, -0.2) is 0 Å². The molecule has 2 nitrogen and oxygen atoms in total. The predicted octanol–water partition coefficient (Wildman–Crippen LogP) is 10.7. The average molecular weight is 585 g/mol. The van der Waals surface area contributed by atoms with E-state index in [-0.39, 0.29) is 0 Å².